The van der Waals surface area contributed by atoms with Gasteiger partial charge in [-0.05, 0) is 43.2 Å². The van der Waals surface area contributed by atoms with E-state index in [2.05, 4.69) is 10.0 Å². The van der Waals surface area contributed by atoms with Gasteiger partial charge in [0.25, 0.3) is 15.9 Å². The molecule has 3 rings (SSSR count). The number of amides is 1. The number of anilines is 1. The fraction of sp³-hybridized carbons (Fsp3) is 0.188. The lowest BCUT2D eigenvalue weighted by Gasteiger charge is -2.11. The van der Waals surface area contributed by atoms with E-state index >= 15 is 0 Å². The van der Waals surface area contributed by atoms with E-state index in [-0.39, 0.29) is 23.2 Å². The molecule has 0 bridgehead atoms. The largest absolute Gasteiger partial charge is 0.349 e. The van der Waals surface area contributed by atoms with E-state index in [0.717, 1.165) is 31.0 Å². The Balaban J connectivity index is 1.86. The molecule has 0 saturated heterocycles. The van der Waals surface area contributed by atoms with Crippen LogP contribution in [0.1, 0.15) is 23.2 Å². The highest BCUT2D eigenvalue weighted by Gasteiger charge is 2.25. The summed E-state index contributed by atoms with van der Waals surface area (Å²) in [5.74, 6) is -2.70. The van der Waals surface area contributed by atoms with Gasteiger partial charge in [-0.3, -0.25) is 9.52 Å². The first-order valence-electron chi connectivity index (χ1n) is 7.24. The summed E-state index contributed by atoms with van der Waals surface area (Å²) in [5.41, 5.74) is 0.303. The number of rotatable bonds is 5. The Morgan fingerprint density at radius 3 is 2.29 bits per heavy atom. The van der Waals surface area contributed by atoms with Gasteiger partial charge in [-0.2, -0.15) is 0 Å². The molecule has 126 valence electrons. The number of benzene rings is 2. The van der Waals surface area contributed by atoms with Gasteiger partial charge in [-0.15, -0.1) is 0 Å². The van der Waals surface area contributed by atoms with Crippen LogP contribution in [0.15, 0.2) is 47.4 Å². The number of halogens is 2. The zero-order valence-corrected chi connectivity index (χ0v) is 13.2. The Bertz CT molecular complexity index is 876. The second-order valence-corrected chi connectivity index (χ2v) is 7.10. The molecule has 0 spiro atoms. The molecular formula is C16H14F2N2O3S. The van der Waals surface area contributed by atoms with Crippen LogP contribution in [0.25, 0.3) is 0 Å². The van der Waals surface area contributed by atoms with Gasteiger partial charge in [0.05, 0.1) is 0 Å². The summed E-state index contributed by atoms with van der Waals surface area (Å²) < 4.78 is 53.9. The molecule has 0 heterocycles. The third-order valence-corrected chi connectivity index (χ3v) is 4.91. The molecule has 1 aliphatic rings. The number of hydrogen-bond acceptors (Lipinski definition) is 3. The lowest BCUT2D eigenvalue weighted by Crippen LogP contribution is -2.25. The maximum atomic E-state index is 13.7. The molecule has 24 heavy (non-hydrogen) atoms. The van der Waals surface area contributed by atoms with E-state index in [1.807, 2.05) is 0 Å². The molecule has 0 aromatic heterocycles. The Morgan fingerprint density at radius 1 is 1.04 bits per heavy atom. The van der Waals surface area contributed by atoms with E-state index in [0.29, 0.717) is 0 Å². The van der Waals surface area contributed by atoms with Gasteiger partial charge in [0, 0.05) is 17.3 Å². The maximum absolute atomic E-state index is 13.7. The molecule has 8 heteroatoms. The first-order chi connectivity index (χ1) is 11.4. The average molecular weight is 352 g/mol. The molecule has 2 N–H and O–H groups in total. The molecule has 1 saturated carbocycles. The molecular weight excluding hydrogens is 338 g/mol. The van der Waals surface area contributed by atoms with Gasteiger partial charge in [0.15, 0.2) is 4.90 Å². The first kappa shape index (κ1) is 16.4. The summed E-state index contributed by atoms with van der Waals surface area (Å²) in [5, 5.41) is 2.77. The van der Waals surface area contributed by atoms with Crippen LogP contribution in [0.5, 0.6) is 0 Å². The van der Waals surface area contributed by atoms with Crippen LogP contribution in [0.2, 0.25) is 0 Å². The van der Waals surface area contributed by atoms with Gasteiger partial charge in [-0.1, -0.05) is 12.1 Å². The molecule has 0 radical (unpaired) electrons. The molecule has 1 fully saturated rings. The van der Waals surface area contributed by atoms with Crippen molar-refractivity contribution < 1.29 is 22.0 Å². The third kappa shape index (κ3) is 3.53. The van der Waals surface area contributed by atoms with Crippen LogP contribution in [0.4, 0.5) is 14.5 Å². The van der Waals surface area contributed by atoms with E-state index in [9.17, 15) is 22.0 Å². The number of hydrogen-bond donors (Lipinski definition) is 2. The normalized spacial score (nSPS) is 14.2. The topological polar surface area (TPSA) is 75.3 Å². The number of carbonyl (C=O) groups is 1. The van der Waals surface area contributed by atoms with Crippen LogP contribution >= 0.6 is 0 Å². The van der Waals surface area contributed by atoms with Crippen molar-refractivity contribution in [2.75, 3.05) is 4.72 Å². The Kier molecular flexibility index (Phi) is 4.23. The highest BCUT2D eigenvalue weighted by Crippen LogP contribution is 2.23. The number of nitrogens with one attached hydrogen (secondary N) is 2. The average Bonchev–Trinajstić information content (AvgIpc) is 3.30. The SMILES string of the molecule is O=C(NC1CC1)c1cccc(NS(=O)(=O)c2c(F)cccc2F)c1. The molecule has 1 aliphatic carbocycles. The molecule has 0 atom stereocenters. The molecule has 0 aliphatic heterocycles. The van der Waals surface area contributed by atoms with E-state index in [4.69, 9.17) is 0 Å². The standard InChI is InChI=1S/C16H14F2N2O3S/c17-13-5-2-6-14(18)15(13)24(22,23)20-12-4-1-3-10(9-12)16(21)19-11-7-8-11/h1-6,9,11,20H,7-8H2,(H,19,21). The lowest BCUT2D eigenvalue weighted by molar-refractivity contribution is 0.0951. The van der Waals surface area contributed by atoms with Crippen molar-refractivity contribution >= 4 is 21.6 Å². The zero-order chi connectivity index (χ0) is 17.3. The van der Waals surface area contributed by atoms with E-state index in [1.54, 1.807) is 0 Å². The Labute approximate surface area is 137 Å². The maximum Gasteiger partial charge on any atom is 0.267 e. The van der Waals surface area contributed by atoms with Gasteiger partial charge in [0.1, 0.15) is 11.6 Å². The quantitative estimate of drug-likeness (QED) is 0.869. The molecule has 1 amide bonds. The van der Waals surface area contributed by atoms with Crippen LogP contribution in [-0.4, -0.2) is 20.4 Å². The highest BCUT2D eigenvalue weighted by molar-refractivity contribution is 7.92. The number of sulfonamides is 1. The van der Waals surface area contributed by atoms with Crippen molar-refractivity contribution in [1.82, 2.24) is 5.32 Å². The summed E-state index contributed by atoms with van der Waals surface area (Å²) in [4.78, 5) is 10.9. The lowest BCUT2D eigenvalue weighted by atomic mass is 10.2. The van der Waals surface area contributed by atoms with Gasteiger partial charge >= 0.3 is 0 Å². The van der Waals surface area contributed by atoms with Crippen LogP contribution in [0, 0.1) is 11.6 Å². The van der Waals surface area contributed by atoms with Gasteiger partial charge in [-0.25, -0.2) is 17.2 Å². The molecule has 2 aromatic carbocycles. The van der Waals surface area contributed by atoms with Crippen LogP contribution in [-0.2, 0) is 10.0 Å². The minimum Gasteiger partial charge on any atom is -0.349 e. The fourth-order valence-corrected chi connectivity index (χ4v) is 3.35. The van der Waals surface area contributed by atoms with E-state index < -0.39 is 26.6 Å². The van der Waals surface area contributed by atoms with Crippen molar-refractivity contribution in [2.24, 2.45) is 0 Å². The second-order valence-electron chi connectivity index (χ2n) is 5.48. The van der Waals surface area contributed by atoms with Crippen molar-refractivity contribution in [3.05, 3.63) is 59.7 Å². The number of carbonyl (C=O) groups excluding carboxylic acids is 1. The van der Waals surface area contributed by atoms with Gasteiger partial charge in [0.2, 0.25) is 0 Å². The van der Waals surface area contributed by atoms with Gasteiger partial charge < -0.3 is 5.32 Å². The molecule has 0 unspecified atom stereocenters. The monoisotopic (exact) mass is 352 g/mol. The first-order valence-corrected chi connectivity index (χ1v) is 8.73. The predicted molar refractivity (Wildman–Crippen MR) is 84.1 cm³/mol. The summed E-state index contributed by atoms with van der Waals surface area (Å²) in [6, 6.07) is 8.67. The fourth-order valence-electron chi connectivity index (χ4n) is 2.17. The highest BCUT2D eigenvalue weighted by atomic mass is 32.2. The minimum absolute atomic E-state index is 0.0427. The summed E-state index contributed by atoms with van der Waals surface area (Å²) in [7, 11) is -4.46. The Hall–Kier alpha value is -2.48. The smallest absolute Gasteiger partial charge is 0.267 e. The Morgan fingerprint density at radius 2 is 1.67 bits per heavy atom. The van der Waals surface area contributed by atoms with Crippen molar-refractivity contribution in [2.45, 2.75) is 23.8 Å². The van der Waals surface area contributed by atoms with Crippen molar-refractivity contribution in [1.29, 1.82) is 0 Å². The molecule has 5 nitrogen and oxygen atoms in total. The predicted octanol–water partition coefficient (Wildman–Crippen LogP) is 2.66. The van der Waals surface area contributed by atoms with Crippen LogP contribution in [0.3, 0.4) is 0 Å². The van der Waals surface area contributed by atoms with E-state index in [1.165, 1.54) is 24.3 Å². The summed E-state index contributed by atoms with van der Waals surface area (Å²) in [6.45, 7) is 0. The second kappa shape index (κ2) is 6.20. The van der Waals surface area contributed by atoms with Crippen molar-refractivity contribution in [3.63, 3.8) is 0 Å². The molecule has 2 aromatic rings. The zero-order valence-electron chi connectivity index (χ0n) is 12.4. The summed E-state index contributed by atoms with van der Waals surface area (Å²) >= 11 is 0. The van der Waals surface area contributed by atoms with Crippen molar-refractivity contribution in [3.8, 4) is 0 Å². The summed E-state index contributed by atoms with van der Waals surface area (Å²) in [6.07, 6.45) is 1.84. The minimum atomic E-state index is -4.46. The van der Waals surface area contributed by atoms with Crippen LogP contribution < -0.4 is 10.0 Å². The third-order valence-electron chi connectivity index (χ3n) is 3.48.